The van der Waals surface area contributed by atoms with E-state index in [-0.39, 0.29) is 13.0 Å². The van der Waals surface area contributed by atoms with Crippen LogP contribution in [-0.2, 0) is 4.79 Å². The molecule has 0 fully saturated rings. The van der Waals surface area contributed by atoms with Crippen LogP contribution in [0, 0.1) is 11.3 Å². The summed E-state index contributed by atoms with van der Waals surface area (Å²) in [7, 11) is 0. The molecular formula is C11H10ClN3O3. The third-order valence-corrected chi connectivity index (χ3v) is 2.08. The summed E-state index contributed by atoms with van der Waals surface area (Å²) in [6, 6.07) is 8.64. The normalized spacial score (nSPS) is 12.0. The largest absolute Gasteiger partial charge is 0.490 e. The van der Waals surface area contributed by atoms with Crippen molar-refractivity contribution in [1.82, 2.24) is 0 Å². The van der Waals surface area contributed by atoms with Crippen molar-refractivity contribution in [2.24, 2.45) is 10.2 Å². The van der Waals surface area contributed by atoms with Crippen molar-refractivity contribution in [2.75, 3.05) is 6.61 Å². The molecule has 0 aliphatic rings. The Balaban J connectivity index is 2.76. The van der Waals surface area contributed by atoms with E-state index >= 15 is 0 Å². The number of carbonyl (C=O) groups is 1. The van der Waals surface area contributed by atoms with E-state index in [1.807, 2.05) is 6.07 Å². The lowest BCUT2D eigenvalue weighted by Crippen LogP contribution is -2.08. The molecule has 0 bridgehead atoms. The standard InChI is InChI=1S/C11H10ClN3O3/c12-10(11(16)17)15-14-8-4-1-2-5-9(8)18-7-3-6-13/h1-2,4-5,10H,3,7H2,(H,16,17). The Morgan fingerprint density at radius 2 is 2.28 bits per heavy atom. The van der Waals surface area contributed by atoms with Crippen molar-refractivity contribution < 1.29 is 14.6 Å². The third-order valence-electron chi connectivity index (χ3n) is 1.81. The molecule has 0 saturated carbocycles. The second-order valence-electron chi connectivity index (χ2n) is 3.11. The number of alkyl halides is 1. The average molecular weight is 268 g/mol. The fourth-order valence-corrected chi connectivity index (χ4v) is 1.07. The topological polar surface area (TPSA) is 95.0 Å². The van der Waals surface area contributed by atoms with Crippen molar-refractivity contribution in [2.45, 2.75) is 11.9 Å². The summed E-state index contributed by atoms with van der Waals surface area (Å²) in [6.07, 6.45) is 0.249. The lowest BCUT2D eigenvalue weighted by molar-refractivity contribution is -0.136. The number of hydrogen-bond donors (Lipinski definition) is 1. The van der Waals surface area contributed by atoms with Gasteiger partial charge in [0, 0.05) is 0 Å². The van der Waals surface area contributed by atoms with Crippen molar-refractivity contribution in [3.63, 3.8) is 0 Å². The van der Waals surface area contributed by atoms with Gasteiger partial charge in [-0.05, 0) is 12.1 Å². The van der Waals surface area contributed by atoms with Gasteiger partial charge in [-0.2, -0.15) is 10.4 Å². The van der Waals surface area contributed by atoms with Crippen molar-refractivity contribution >= 4 is 23.3 Å². The molecule has 0 aromatic heterocycles. The maximum absolute atomic E-state index is 10.5. The van der Waals surface area contributed by atoms with Gasteiger partial charge in [-0.3, -0.25) is 0 Å². The average Bonchev–Trinajstić information content (AvgIpc) is 2.37. The van der Waals surface area contributed by atoms with Crippen LogP contribution in [-0.4, -0.2) is 23.2 Å². The van der Waals surface area contributed by atoms with Gasteiger partial charge in [-0.15, -0.1) is 5.11 Å². The lowest BCUT2D eigenvalue weighted by Gasteiger charge is -2.05. The number of nitriles is 1. The number of aliphatic carboxylic acids is 1. The zero-order valence-corrected chi connectivity index (χ0v) is 10.0. The Morgan fingerprint density at radius 3 is 2.94 bits per heavy atom. The number of halogens is 1. The molecule has 0 radical (unpaired) electrons. The first-order valence-electron chi connectivity index (χ1n) is 5.01. The van der Waals surface area contributed by atoms with E-state index in [0.29, 0.717) is 11.4 Å². The molecule has 1 atom stereocenters. The fraction of sp³-hybridized carbons (Fsp3) is 0.273. The van der Waals surface area contributed by atoms with Crippen LogP contribution in [0.5, 0.6) is 5.75 Å². The van der Waals surface area contributed by atoms with E-state index in [1.54, 1.807) is 24.3 Å². The number of carboxylic acid groups (broad SMARTS) is 1. The second kappa shape index (κ2) is 7.25. The van der Waals surface area contributed by atoms with Gasteiger partial charge in [0.2, 0.25) is 5.50 Å². The van der Waals surface area contributed by atoms with Gasteiger partial charge in [0.1, 0.15) is 18.0 Å². The molecule has 1 unspecified atom stereocenters. The van der Waals surface area contributed by atoms with E-state index < -0.39 is 11.5 Å². The number of benzene rings is 1. The summed E-state index contributed by atoms with van der Waals surface area (Å²) in [4.78, 5) is 10.5. The Morgan fingerprint density at radius 1 is 1.56 bits per heavy atom. The lowest BCUT2D eigenvalue weighted by atomic mass is 10.3. The van der Waals surface area contributed by atoms with Gasteiger partial charge in [-0.25, -0.2) is 4.79 Å². The van der Waals surface area contributed by atoms with Gasteiger partial charge in [-0.1, -0.05) is 23.7 Å². The number of rotatable bonds is 6. The summed E-state index contributed by atoms with van der Waals surface area (Å²) in [6.45, 7) is 0.228. The van der Waals surface area contributed by atoms with E-state index in [9.17, 15) is 4.79 Å². The Labute approximate surface area is 108 Å². The predicted octanol–water partition coefficient (Wildman–Crippen LogP) is 2.71. The van der Waals surface area contributed by atoms with Gasteiger partial charge in [0.15, 0.2) is 0 Å². The van der Waals surface area contributed by atoms with Crippen LogP contribution >= 0.6 is 11.6 Å². The Hall–Kier alpha value is -2.13. The fourth-order valence-electron chi connectivity index (χ4n) is 1.03. The minimum absolute atomic E-state index is 0.228. The van der Waals surface area contributed by atoms with Crippen LogP contribution in [0.4, 0.5) is 5.69 Å². The monoisotopic (exact) mass is 267 g/mol. The summed E-state index contributed by atoms with van der Waals surface area (Å²) in [5.74, 6) is -0.853. The highest BCUT2D eigenvalue weighted by molar-refractivity contribution is 6.29. The molecule has 18 heavy (non-hydrogen) atoms. The van der Waals surface area contributed by atoms with E-state index in [2.05, 4.69) is 10.2 Å². The van der Waals surface area contributed by atoms with Gasteiger partial charge < -0.3 is 9.84 Å². The highest BCUT2D eigenvalue weighted by Crippen LogP contribution is 2.27. The van der Waals surface area contributed by atoms with Crippen molar-refractivity contribution in [3.8, 4) is 11.8 Å². The smallest absolute Gasteiger partial charge is 0.345 e. The zero-order valence-electron chi connectivity index (χ0n) is 9.28. The highest BCUT2D eigenvalue weighted by Gasteiger charge is 2.11. The maximum atomic E-state index is 10.5. The molecule has 0 amide bonds. The van der Waals surface area contributed by atoms with Crippen LogP contribution < -0.4 is 4.74 Å². The molecule has 6 nitrogen and oxygen atoms in total. The SMILES string of the molecule is N#CCCOc1ccccc1N=NC(Cl)C(=O)O. The van der Waals surface area contributed by atoms with Gasteiger partial charge in [0.25, 0.3) is 0 Å². The van der Waals surface area contributed by atoms with Crippen LogP contribution in [0.15, 0.2) is 34.5 Å². The highest BCUT2D eigenvalue weighted by atomic mass is 35.5. The maximum Gasteiger partial charge on any atom is 0.345 e. The predicted molar refractivity (Wildman–Crippen MR) is 64.0 cm³/mol. The molecule has 1 aromatic rings. The number of carboxylic acids is 1. The minimum Gasteiger partial charge on any atom is -0.490 e. The van der Waals surface area contributed by atoms with E-state index in [0.717, 1.165) is 0 Å². The minimum atomic E-state index is -1.43. The van der Waals surface area contributed by atoms with Crippen molar-refractivity contribution in [1.29, 1.82) is 5.26 Å². The first-order chi connectivity index (χ1) is 8.65. The molecule has 94 valence electrons. The number of para-hydroxylation sites is 1. The molecule has 0 saturated heterocycles. The molecule has 1 aromatic carbocycles. The Bertz CT molecular complexity index is 485. The number of ether oxygens (including phenoxy) is 1. The molecule has 0 spiro atoms. The Kier molecular flexibility index (Phi) is 5.61. The number of azo groups is 1. The molecule has 1 N–H and O–H groups in total. The molecule has 0 heterocycles. The van der Waals surface area contributed by atoms with E-state index in [1.165, 1.54) is 0 Å². The summed E-state index contributed by atoms with van der Waals surface area (Å²) in [5, 5.41) is 24.1. The first kappa shape index (κ1) is 13.9. The molecular weight excluding hydrogens is 258 g/mol. The molecule has 0 aliphatic heterocycles. The van der Waals surface area contributed by atoms with Gasteiger partial charge in [0.05, 0.1) is 12.5 Å². The molecule has 7 heteroatoms. The summed E-state index contributed by atoms with van der Waals surface area (Å²) < 4.78 is 5.30. The summed E-state index contributed by atoms with van der Waals surface area (Å²) >= 11 is 5.40. The van der Waals surface area contributed by atoms with E-state index in [4.69, 9.17) is 26.7 Å². The first-order valence-corrected chi connectivity index (χ1v) is 5.45. The van der Waals surface area contributed by atoms with Crippen LogP contribution in [0.25, 0.3) is 0 Å². The number of nitrogens with zero attached hydrogens (tertiary/aromatic N) is 3. The summed E-state index contributed by atoms with van der Waals surface area (Å²) in [5.41, 5.74) is -1.07. The van der Waals surface area contributed by atoms with Crippen molar-refractivity contribution in [3.05, 3.63) is 24.3 Å². The van der Waals surface area contributed by atoms with Crippen LogP contribution in [0.2, 0.25) is 0 Å². The van der Waals surface area contributed by atoms with Crippen LogP contribution in [0.3, 0.4) is 0 Å². The number of hydrogen-bond acceptors (Lipinski definition) is 5. The molecule has 0 aliphatic carbocycles. The van der Waals surface area contributed by atoms with Crippen LogP contribution in [0.1, 0.15) is 6.42 Å². The van der Waals surface area contributed by atoms with Gasteiger partial charge >= 0.3 is 5.97 Å². The second-order valence-corrected chi connectivity index (χ2v) is 3.53. The third kappa shape index (κ3) is 4.39. The quantitative estimate of drug-likeness (QED) is 0.371. The molecule has 1 rings (SSSR count). The zero-order chi connectivity index (χ0) is 13.4.